The molecule has 31 heavy (non-hydrogen) atoms. The molecular formula is C21H18FN7OS. The first-order valence-corrected chi connectivity index (χ1v) is 10.3. The number of ether oxygens (including phenoxy) is 1. The van der Waals surface area contributed by atoms with Gasteiger partial charge in [-0.1, -0.05) is 6.07 Å². The molecule has 10 heteroatoms. The van der Waals surface area contributed by atoms with Crippen LogP contribution in [0.2, 0.25) is 0 Å². The molecular weight excluding hydrogens is 417 g/mol. The van der Waals surface area contributed by atoms with Crippen molar-refractivity contribution in [2.24, 2.45) is 0 Å². The Morgan fingerprint density at radius 2 is 1.90 bits per heavy atom. The van der Waals surface area contributed by atoms with Gasteiger partial charge in [0.1, 0.15) is 17.3 Å². The molecule has 0 fully saturated rings. The van der Waals surface area contributed by atoms with Crippen molar-refractivity contribution in [3.8, 4) is 27.8 Å². The molecule has 1 aliphatic rings. The SMILES string of the molecule is Cc1nc(COc2ncccn2)sc1-c1cccc(-c2cc(F)c3c(c2)N(C)NN3)n1. The number of anilines is 2. The monoisotopic (exact) mass is 435 g/mol. The van der Waals surface area contributed by atoms with E-state index in [1.54, 1.807) is 23.5 Å². The molecule has 2 N–H and O–H groups in total. The van der Waals surface area contributed by atoms with Crippen LogP contribution in [-0.4, -0.2) is 27.0 Å². The summed E-state index contributed by atoms with van der Waals surface area (Å²) in [5.74, 6) is -0.340. The normalized spacial score (nSPS) is 12.5. The molecule has 0 aliphatic carbocycles. The Kier molecular flexibility index (Phi) is 4.92. The molecule has 0 saturated carbocycles. The fourth-order valence-electron chi connectivity index (χ4n) is 3.29. The molecule has 0 radical (unpaired) electrons. The number of rotatable bonds is 5. The summed E-state index contributed by atoms with van der Waals surface area (Å²) in [4.78, 5) is 18.4. The van der Waals surface area contributed by atoms with E-state index in [2.05, 4.69) is 25.9 Å². The third-order valence-electron chi connectivity index (χ3n) is 4.76. The van der Waals surface area contributed by atoms with E-state index in [-0.39, 0.29) is 12.4 Å². The Bertz CT molecular complexity index is 1250. The van der Waals surface area contributed by atoms with Crippen LogP contribution in [0, 0.1) is 12.7 Å². The number of hydrogen-bond donors (Lipinski definition) is 2. The largest absolute Gasteiger partial charge is 0.456 e. The number of benzene rings is 1. The second-order valence-corrected chi connectivity index (χ2v) is 7.98. The number of pyridine rings is 1. The summed E-state index contributed by atoms with van der Waals surface area (Å²) in [5.41, 5.74) is 9.85. The number of halogens is 1. The van der Waals surface area contributed by atoms with E-state index < -0.39 is 0 Å². The smallest absolute Gasteiger partial charge is 0.316 e. The second-order valence-electron chi connectivity index (χ2n) is 6.90. The standard InChI is InChI=1S/C21H18FN7OS/c1-12-20(31-18(25-12)11-30-21-23-7-4-8-24-21)16-6-3-5-15(26-16)13-9-14(22)19-17(10-13)29(2)28-27-19/h3-10,27-28H,11H2,1-2H3. The molecule has 0 unspecified atom stereocenters. The molecule has 4 heterocycles. The molecule has 0 spiro atoms. The van der Waals surface area contributed by atoms with Crippen molar-refractivity contribution >= 4 is 22.7 Å². The lowest BCUT2D eigenvalue weighted by Crippen LogP contribution is -2.31. The minimum absolute atomic E-state index is 0.275. The lowest BCUT2D eigenvalue weighted by Gasteiger charge is -2.11. The fourth-order valence-corrected chi connectivity index (χ4v) is 4.24. The first-order valence-electron chi connectivity index (χ1n) is 9.51. The number of fused-ring (bicyclic) bond motifs is 1. The van der Waals surface area contributed by atoms with Crippen molar-refractivity contribution in [2.75, 3.05) is 17.5 Å². The van der Waals surface area contributed by atoms with Crippen LogP contribution in [0.25, 0.3) is 21.8 Å². The van der Waals surface area contributed by atoms with Crippen molar-refractivity contribution in [3.05, 3.63) is 65.3 Å². The van der Waals surface area contributed by atoms with E-state index in [9.17, 15) is 4.39 Å². The highest BCUT2D eigenvalue weighted by molar-refractivity contribution is 7.15. The number of nitrogens with zero attached hydrogens (tertiary/aromatic N) is 5. The summed E-state index contributed by atoms with van der Waals surface area (Å²) in [5, 5.41) is 2.52. The van der Waals surface area contributed by atoms with Crippen molar-refractivity contribution < 1.29 is 9.13 Å². The highest BCUT2D eigenvalue weighted by Gasteiger charge is 2.21. The predicted molar refractivity (Wildman–Crippen MR) is 117 cm³/mol. The number of hydrogen-bond acceptors (Lipinski definition) is 9. The molecule has 0 bridgehead atoms. The zero-order chi connectivity index (χ0) is 21.4. The number of aryl methyl sites for hydroxylation is 1. The summed E-state index contributed by atoms with van der Waals surface area (Å²) in [6.45, 7) is 2.21. The molecule has 5 rings (SSSR count). The van der Waals surface area contributed by atoms with E-state index >= 15 is 0 Å². The van der Waals surface area contributed by atoms with Gasteiger partial charge in [-0.05, 0) is 37.3 Å². The van der Waals surface area contributed by atoms with Gasteiger partial charge < -0.3 is 4.74 Å². The minimum atomic E-state index is -0.340. The maximum atomic E-state index is 14.5. The number of thiazole rings is 1. The van der Waals surface area contributed by atoms with E-state index in [0.717, 1.165) is 27.0 Å². The molecule has 0 amide bonds. The number of aromatic nitrogens is 4. The first-order chi connectivity index (χ1) is 15.1. The molecule has 0 saturated heterocycles. The third kappa shape index (κ3) is 3.78. The van der Waals surface area contributed by atoms with Crippen LogP contribution in [0.5, 0.6) is 6.01 Å². The highest BCUT2D eigenvalue weighted by Crippen LogP contribution is 2.36. The maximum absolute atomic E-state index is 14.5. The average Bonchev–Trinajstić information content (AvgIpc) is 3.36. The second kappa shape index (κ2) is 7.89. The highest BCUT2D eigenvalue weighted by atomic mass is 32.1. The van der Waals surface area contributed by atoms with Crippen LogP contribution in [0.15, 0.2) is 48.8 Å². The van der Waals surface area contributed by atoms with Gasteiger partial charge in [0, 0.05) is 25.0 Å². The van der Waals surface area contributed by atoms with Gasteiger partial charge in [0.25, 0.3) is 0 Å². The topological polar surface area (TPSA) is 88.1 Å². The maximum Gasteiger partial charge on any atom is 0.316 e. The van der Waals surface area contributed by atoms with Gasteiger partial charge in [-0.15, -0.1) is 16.9 Å². The zero-order valence-corrected chi connectivity index (χ0v) is 17.6. The van der Waals surface area contributed by atoms with Gasteiger partial charge in [-0.2, -0.15) is 0 Å². The van der Waals surface area contributed by atoms with Crippen LogP contribution < -0.4 is 20.7 Å². The van der Waals surface area contributed by atoms with E-state index in [1.165, 1.54) is 17.4 Å². The Balaban J connectivity index is 1.43. The van der Waals surface area contributed by atoms with E-state index in [4.69, 9.17) is 9.72 Å². The fraction of sp³-hybridized carbons (Fsp3) is 0.143. The molecule has 1 aliphatic heterocycles. The molecule has 8 nitrogen and oxygen atoms in total. The lowest BCUT2D eigenvalue weighted by molar-refractivity contribution is 0.280. The van der Waals surface area contributed by atoms with Crippen LogP contribution in [0.3, 0.4) is 0 Å². The van der Waals surface area contributed by atoms with Crippen LogP contribution in [-0.2, 0) is 6.61 Å². The van der Waals surface area contributed by atoms with Gasteiger partial charge in [-0.3, -0.25) is 10.4 Å². The van der Waals surface area contributed by atoms with Crippen LogP contribution in [0.1, 0.15) is 10.7 Å². The summed E-state index contributed by atoms with van der Waals surface area (Å²) >= 11 is 1.50. The van der Waals surface area contributed by atoms with Crippen molar-refractivity contribution in [1.82, 2.24) is 25.5 Å². The number of nitrogens with one attached hydrogen (secondary N) is 2. The molecule has 4 aromatic rings. The average molecular weight is 435 g/mol. The lowest BCUT2D eigenvalue weighted by atomic mass is 10.1. The molecule has 0 atom stereocenters. The first kappa shape index (κ1) is 19.3. The Morgan fingerprint density at radius 1 is 1.10 bits per heavy atom. The van der Waals surface area contributed by atoms with Gasteiger partial charge >= 0.3 is 6.01 Å². The summed E-state index contributed by atoms with van der Waals surface area (Å²) in [6, 6.07) is 11.1. The van der Waals surface area contributed by atoms with Gasteiger partial charge in [0.2, 0.25) is 0 Å². The van der Waals surface area contributed by atoms with Gasteiger partial charge in [-0.25, -0.2) is 24.3 Å². The van der Waals surface area contributed by atoms with Crippen molar-refractivity contribution in [2.45, 2.75) is 13.5 Å². The quantitative estimate of drug-likeness (QED) is 0.487. The molecule has 3 aromatic heterocycles. The van der Waals surface area contributed by atoms with Crippen LogP contribution >= 0.6 is 11.3 Å². The zero-order valence-electron chi connectivity index (χ0n) is 16.8. The van der Waals surface area contributed by atoms with Gasteiger partial charge in [0.05, 0.1) is 27.6 Å². The molecule has 156 valence electrons. The molecule has 1 aromatic carbocycles. The number of hydrazine groups is 2. The Hall–Kier alpha value is -3.63. The summed E-state index contributed by atoms with van der Waals surface area (Å²) in [7, 11) is 1.82. The third-order valence-corrected chi connectivity index (χ3v) is 5.92. The van der Waals surface area contributed by atoms with E-state index in [1.807, 2.05) is 38.2 Å². The van der Waals surface area contributed by atoms with Crippen molar-refractivity contribution in [3.63, 3.8) is 0 Å². The predicted octanol–water partition coefficient (Wildman–Crippen LogP) is 3.97. The Labute approximate surface area is 181 Å². The summed E-state index contributed by atoms with van der Waals surface area (Å²) in [6.07, 6.45) is 3.25. The van der Waals surface area contributed by atoms with E-state index in [0.29, 0.717) is 23.0 Å². The summed E-state index contributed by atoms with van der Waals surface area (Å²) < 4.78 is 20.1. The van der Waals surface area contributed by atoms with Gasteiger partial charge in [0.15, 0.2) is 5.82 Å². The minimum Gasteiger partial charge on any atom is -0.456 e. The van der Waals surface area contributed by atoms with Crippen LogP contribution in [0.4, 0.5) is 15.8 Å². The van der Waals surface area contributed by atoms with Crippen molar-refractivity contribution in [1.29, 1.82) is 0 Å². The Morgan fingerprint density at radius 3 is 2.74 bits per heavy atom.